The number of hydrogen-bond acceptors (Lipinski definition) is 3. The molecule has 0 aromatic carbocycles. The van der Waals surface area contributed by atoms with E-state index in [4.69, 9.17) is 15.9 Å². The van der Waals surface area contributed by atoms with E-state index < -0.39 is 17.4 Å². The molecule has 0 N–H and O–H groups in total. The Bertz CT molecular complexity index is 372. The number of carbonyl (C=O) groups is 1. The van der Waals surface area contributed by atoms with Gasteiger partial charge in [-0.1, -0.05) is 26.8 Å². The van der Waals surface area contributed by atoms with Gasteiger partial charge in [0.2, 0.25) is 5.79 Å². The van der Waals surface area contributed by atoms with Gasteiger partial charge in [-0.3, -0.25) is 0 Å². The smallest absolute Gasteiger partial charge is 0.342 e. The van der Waals surface area contributed by atoms with Crippen molar-refractivity contribution in [2.24, 2.45) is 5.41 Å². The minimum absolute atomic E-state index is 0.198. The van der Waals surface area contributed by atoms with Crippen LogP contribution in [0.4, 0.5) is 0 Å². The van der Waals surface area contributed by atoms with E-state index >= 15 is 0 Å². The third-order valence-electron chi connectivity index (χ3n) is 3.27. The molecule has 0 bridgehead atoms. The van der Waals surface area contributed by atoms with Gasteiger partial charge < -0.3 is 9.47 Å². The Hall–Kier alpha value is -1.27. The topological polar surface area (TPSA) is 35.5 Å². The molecule has 0 unspecified atom stereocenters. The van der Waals surface area contributed by atoms with E-state index in [0.29, 0.717) is 6.42 Å². The van der Waals surface area contributed by atoms with Crippen LogP contribution in [0.5, 0.6) is 0 Å². The van der Waals surface area contributed by atoms with Crippen LogP contribution in [0.3, 0.4) is 0 Å². The Balaban J connectivity index is 3.10. The maximum Gasteiger partial charge on any atom is 0.342 e. The molecule has 0 radical (unpaired) electrons. The minimum Gasteiger partial charge on any atom is -0.431 e. The molecule has 1 heterocycles. The fourth-order valence-corrected chi connectivity index (χ4v) is 1.71. The molecule has 1 fully saturated rings. The van der Waals surface area contributed by atoms with E-state index in [9.17, 15) is 4.79 Å². The third kappa shape index (κ3) is 2.23. The normalized spacial score (nSPS) is 33.0. The van der Waals surface area contributed by atoms with Crippen molar-refractivity contribution in [3.05, 3.63) is 12.7 Å². The highest BCUT2D eigenvalue weighted by molar-refractivity contribution is 5.82. The molecule has 0 spiro atoms. The second kappa shape index (κ2) is 4.19. The molecule has 3 heteroatoms. The molecular formula is C14H20O3. The predicted octanol–water partition coefficient (Wildman–Crippen LogP) is 2.66. The van der Waals surface area contributed by atoms with E-state index in [1.54, 1.807) is 13.0 Å². The fourth-order valence-electron chi connectivity index (χ4n) is 1.71. The molecule has 1 rings (SSSR count). The zero-order valence-corrected chi connectivity index (χ0v) is 11.0. The first-order valence-corrected chi connectivity index (χ1v) is 5.69. The molecule has 0 saturated carbocycles. The van der Waals surface area contributed by atoms with Gasteiger partial charge in [0.1, 0.15) is 0 Å². The van der Waals surface area contributed by atoms with Crippen molar-refractivity contribution in [3.63, 3.8) is 0 Å². The largest absolute Gasteiger partial charge is 0.431 e. The molecule has 0 aromatic rings. The van der Waals surface area contributed by atoms with Crippen LogP contribution in [0.1, 0.15) is 40.5 Å². The lowest BCUT2D eigenvalue weighted by atomic mass is 9.86. The van der Waals surface area contributed by atoms with Crippen molar-refractivity contribution < 1.29 is 14.3 Å². The molecular weight excluding hydrogens is 216 g/mol. The Morgan fingerprint density at radius 3 is 2.47 bits per heavy atom. The summed E-state index contributed by atoms with van der Waals surface area (Å²) in [4.78, 5) is 12.0. The highest BCUT2D eigenvalue weighted by Gasteiger charge is 2.59. The monoisotopic (exact) mass is 236 g/mol. The lowest BCUT2D eigenvalue weighted by Gasteiger charge is -2.36. The van der Waals surface area contributed by atoms with Crippen LogP contribution >= 0.6 is 0 Å². The predicted molar refractivity (Wildman–Crippen MR) is 66.0 cm³/mol. The maximum absolute atomic E-state index is 12.0. The highest BCUT2D eigenvalue weighted by Crippen LogP contribution is 2.46. The fraction of sp³-hybridized carbons (Fsp3) is 0.643. The zero-order chi connectivity index (χ0) is 13.3. The number of hydrogen-bond donors (Lipinski definition) is 0. The molecule has 1 aliphatic rings. The van der Waals surface area contributed by atoms with Gasteiger partial charge in [0.25, 0.3) is 0 Å². The second-order valence-corrected chi connectivity index (χ2v) is 5.56. The number of esters is 1. The number of ether oxygens (including phenoxy) is 2. The SMILES string of the molecule is C#CC[C@@]1(CC=C)O[C@](C)(C(C)(C)C)OC1=O. The quantitative estimate of drug-likeness (QED) is 0.429. The van der Waals surface area contributed by atoms with Gasteiger partial charge in [-0.05, 0) is 0 Å². The summed E-state index contributed by atoms with van der Waals surface area (Å²) in [7, 11) is 0. The third-order valence-corrected chi connectivity index (χ3v) is 3.27. The Kier molecular flexibility index (Phi) is 3.40. The van der Waals surface area contributed by atoms with Crippen molar-refractivity contribution in [2.75, 3.05) is 0 Å². The molecule has 1 saturated heterocycles. The van der Waals surface area contributed by atoms with Crippen molar-refractivity contribution in [2.45, 2.75) is 51.9 Å². The molecule has 0 aromatic heterocycles. The molecule has 3 nitrogen and oxygen atoms in total. The molecule has 0 aliphatic carbocycles. The van der Waals surface area contributed by atoms with Gasteiger partial charge >= 0.3 is 5.97 Å². The van der Waals surface area contributed by atoms with Crippen LogP contribution in [0.15, 0.2) is 12.7 Å². The molecule has 0 amide bonds. The first-order chi connectivity index (χ1) is 7.71. The second-order valence-electron chi connectivity index (χ2n) is 5.56. The van der Waals surface area contributed by atoms with Crippen molar-refractivity contribution >= 4 is 5.97 Å². The first-order valence-electron chi connectivity index (χ1n) is 5.69. The number of terminal acetylenes is 1. The summed E-state index contributed by atoms with van der Waals surface area (Å²) in [5.41, 5.74) is -1.39. The number of carbonyl (C=O) groups excluding carboxylic acids is 1. The van der Waals surface area contributed by atoms with Crippen LogP contribution in [0.25, 0.3) is 0 Å². The lowest BCUT2D eigenvalue weighted by molar-refractivity contribution is -0.231. The summed E-state index contributed by atoms with van der Waals surface area (Å²) in [6.45, 7) is 11.3. The average molecular weight is 236 g/mol. The molecule has 17 heavy (non-hydrogen) atoms. The summed E-state index contributed by atoms with van der Waals surface area (Å²) < 4.78 is 11.3. The van der Waals surface area contributed by atoms with Gasteiger partial charge in [-0.25, -0.2) is 4.79 Å². The minimum atomic E-state index is -1.07. The van der Waals surface area contributed by atoms with Crippen LogP contribution in [0.2, 0.25) is 0 Å². The zero-order valence-electron chi connectivity index (χ0n) is 11.0. The van der Waals surface area contributed by atoms with Gasteiger partial charge in [0.05, 0.1) is 0 Å². The summed E-state index contributed by atoms with van der Waals surface area (Å²) in [6, 6.07) is 0. The van der Waals surface area contributed by atoms with E-state index in [1.165, 1.54) is 0 Å². The van der Waals surface area contributed by atoms with Crippen molar-refractivity contribution in [1.29, 1.82) is 0 Å². The Labute approximate surface area is 103 Å². The van der Waals surface area contributed by atoms with E-state index in [0.717, 1.165) is 0 Å². The summed E-state index contributed by atoms with van der Waals surface area (Å²) in [5, 5.41) is 0. The highest BCUT2D eigenvalue weighted by atomic mass is 16.8. The molecule has 2 atom stereocenters. The number of cyclic esters (lactones) is 1. The average Bonchev–Trinajstić information content (AvgIpc) is 2.40. The van der Waals surface area contributed by atoms with Crippen molar-refractivity contribution in [3.8, 4) is 12.3 Å². The van der Waals surface area contributed by atoms with Gasteiger partial charge in [0.15, 0.2) is 5.60 Å². The molecule has 94 valence electrons. The van der Waals surface area contributed by atoms with Gasteiger partial charge in [0, 0.05) is 25.2 Å². The van der Waals surface area contributed by atoms with Crippen molar-refractivity contribution in [1.82, 2.24) is 0 Å². The van der Waals surface area contributed by atoms with E-state index in [1.807, 2.05) is 20.8 Å². The summed E-state index contributed by atoms with van der Waals surface area (Å²) in [6.07, 6.45) is 7.50. The summed E-state index contributed by atoms with van der Waals surface area (Å²) in [5.74, 6) is 1.13. The van der Waals surface area contributed by atoms with E-state index in [2.05, 4.69) is 12.5 Å². The van der Waals surface area contributed by atoms with Crippen LogP contribution in [-0.4, -0.2) is 17.4 Å². The lowest BCUT2D eigenvalue weighted by Crippen LogP contribution is -2.43. The summed E-state index contributed by atoms with van der Waals surface area (Å²) >= 11 is 0. The number of rotatable bonds is 3. The maximum atomic E-state index is 12.0. The van der Waals surface area contributed by atoms with E-state index in [-0.39, 0.29) is 11.8 Å². The molecule has 1 aliphatic heterocycles. The van der Waals surface area contributed by atoms with Crippen LogP contribution < -0.4 is 0 Å². The Morgan fingerprint density at radius 1 is 1.53 bits per heavy atom. The van der Waals surface area contributed by atoms with Gasteiger partial charge in [-0.2, -0.15) is 0 Å². The van der Waals surface area contributed by atoms with Crippen LogP contribution in [-0.2, 0) is 14.3 Å². The van der Waals surface area contributed by atoms with Gasteiger partial charge in [-0.15, -0.1) is 18.9 Å². The Morgan fingerprint density at radius 2 is 2.12 bits per heavy atom. The standard InChI is InChI=1S/C14H20O3/c1-7-9-14(10-8-2)11(15)16-13(6,17-14)12(3,4)5/h1,8H,2,9-10H2,3-6H3/t13-,14+/m1/s1. The van der Waals surface area contributed by atoms with Crippen LogP contribution in [0, 0.1) is 17.8 Å². The first kappa shape index (κ1) is 13.8.